The number of benzene rings is 3. The number of aryl methyl sites for hydroxylation is 1. The van der Waals surface area contributed by atoms with Crippen molar-refractivity contribution in [3.8, 4) is 11.5 Å². The molecule has 0 radical (unpaired) electrons. The average Bonchev–Trinajstić information content (AvgIpc) is 2.97. The van der Waals surface area contributed by atoms with Crippen LogP contribution in [0.15, 0.2) is 96.6 Å². The molecule has 4 atom stereocenters. The van der Waals surface area contributed by atoms with Gasteiger partial charge in [-0.15, -0.1) is 0 Å². The Hall–Kier alpha value is -2.84. The lowest BCUT2D eigenvalue weighted by Crippen LogP contribution is -2.20. The van der Waals surface area contributed by atoms with Crippen molar-refractivity contribution in [2.24, 2.45) is 5.92 Å². The Kier molecular flexibility index (Phi) is 10.8. The first kappa shape index (κ1) is 32.1. The summed E-state index contributed by atoms with van der Waals surface area (Å²) in [5, 5.41) is 1.10. The zero-order valence-corrected chi connectivity index (χ0v) is 27.3. The van der Waals surface area contributed by atoms with Gasteiger partial charge in [-0.3, -0.25) is 9.09 Å². The van der Waals surface area contributed by atoms with E-state index in [2.05, 4.69) is 26.5 Å². The normalized spacial score (nSPS) is 19.7. The molecular formula is C35H44O5P2. The van der Waals surface area contributed by atoms with E-state index >= 15 is 0 Å². The molecule has 0 aromatic heterocycles. The minimum absolute atomic E-state index is 0.107. The van der Waals surface area contributed by atoms with Crippen LogP contribution in [-0.4, -0.2) is 13.8 Å². The van der Waals surface area contributed by atoms with Crippen LogP contribution in [0.3, 0.4) is 0 Å². The van der Waals surface area contributed by atoms with E-state index in [0.29, 0.717) is 22.1 Å². The fourth-order valence-electron chi connectivity index (χ4n) is 5.64. The molecular weight excluding hydrogens is 562 g/mol. The lowest BCUT2D eigenvalue weighted by Gasteiger charge is -2.34. The molecule has 5 nitrogen and oxygen atoms in total. The van der Waals surface area contributed by atoms with Crippen molar-refractivity contribution in [3.63, 3.8) is 0 Å². The smallest absolute Gasteiger partial charge is 0.410 e. The largest absolute Gasteiger partial charge is 0.440 e. The van der Waals surface area contributed by atoms with E-state index in [9.17, 15) is 9.13 Å². The fourth-order valence-corrected chi connectivity index (χ4v) is 8.32. The van der Waals surface area contributed by atoms with Crippen LogP contribution in [0, 0.1) is 5.92 Å². The summed E-state index contributed by atoms with van der Waals surface area (Å²) in [5.74, 6) is 0.869. The maximum absolute atomic E-state index is 14.3. The molecule has 0 saturated carbocycles. The van der Waals surface area contributed by atoms with Gasteiger partial charge in [0.15, 0.2) is 0 Å². The molecule has 3 aromatic rings. The summed E-state index contributed by atoms with van der Waals surface area (Å²) >= 11 is 0. The first-order valence-electron chi connectivity index (χ1n) is 14.8. The number of rotatable bonds is 13. The van der Waals surface area contributed by atoms with Crippen molar-refractivity contribution in [1.29, 1.82) is 0 Å². The predicted octanol–water partition coefficient (Wildman–Crippen LogP) is 9.59. The quantitative estimate of drug-likeness (QED) is 0.110. The average molecular weight is 607 g/mol. The Morgan fingerprint density at radius 3 is 2.10 bits per heavy atom. The first-order valence-corrected chi connectivity index (χ1v) is 18.4. The van der Waals surface area contributed by atoms with E-state index in [-0.39, 0.29) is 11.8 Å². The molecule has 1 aliphatic carbocycles. The summed E-state index contributed by atoms with van der Waals surface area (Å²) in [6, 6.07) is 22.3. The summed E-state index contributed by atoms with van der Waals surface area (Å²) in [5.41, 5.74) is 4.01. The summed E-state index contributed by atoms with van der Waals surface area (Å²) in [6.07, 6.45) is 8.05. The zero-order valence-electron chi connectivity index (χ0n) is 25.5. The van der Waals surface area contributed by atoms with Crippen molar-refractivity contribution >= 4 is 25.6 Å². The van der Waals surface area contributed by atoms with Gasteiger partial charge in [0.2, 0.25) is 0 Å². The highest BCUT2D eigenvalue weighted by molar-refractivity contribution is 7.66. The molecule has 4 rings (SSSR count). The van der Waals surface area contributed by atoms with Crippen LogP contribution in [0.2, 0.25) is 0 Å². The van der Waals surface area contributed by atoms with Gasteiger partial charge in [0.1, 0.15) is 11.5 Å². The van der Waals surface area contributed by atoms with Crippen LogP contribution in [0.25, 0.3) is 0 Å². The molecule has 4 unspecified atom stereocenters. The highest BCUT2D eigenvalue weighted by Gasteiger charge is 2.36. The Labute approximate surface area is 252 Å². The van der Waals surface area contributed by atoms with Gasteiger partial charge in [-0.05, 0) is 87.4 Å². The Morgan fingerprint density at radius 1 is 0.929 bits per heavy atom. The van der Waals surface area contributed by atoms with E-state index in [0.717, 1.165) is 55.2 Å². The van der Waals surface area contributed by atoms with Crippen molar-refractivity contribution in [2.75, 3.05) is 13.8 Å². The molecule has 7 heteroatoms. The SMILES string of the molecule is C=C(C)C1CCC(C)=CC1c1c(OP(C)(=O)c2ccccc2)cc(CCCCC)cc1OP(=O)(OC)c1ccccc1. The zero-order chi connectivity index (χ0) is 30.3. The van der Waals surface area contributed by atoms with Crippen LogP contribution in [0.1, 0.15) is 69.9 Å². The highest BCUT2D eigenvalue weighted by Crippen LogP contribution is 2.55. The van der Waals surface area contributed by atoms with Crippen LogP contribution in [0.5, 0.6) is 11.5 Å². The van der Waals surface area contributed by atoms with Gasteiger partial charge < -0.3 is 9.05 Å². The second-order valence-electron chi connectivity index (χ2n) is 11.4. The lowest BCUT2D eigenvalue weighted by molar-refractivity contribution is 0.330. The molecule has 0 spiro atoms. The molecule has 0 heterocycles. The number of hydrogen-bond donors (Lipinski definition) is 0. The van der Waals surface area contributed by atoms with Gasteiger partial charge >= 0.3 is 7.60 Å². The molecule has 0 amide bonds. The summed E-state index contributed by atoms with van der Waals surface area (Å²) in [4.78, 5) is 0. The summed E-state index contributed by atoms with van der Waals surface area (Å²) in [7, 11) is -5.64. The van der Waals surface area contributed by atoms with Crippen LogP contribution >= 0.6 is 15.0 Å². The fraction of sp³-hybridized carbons (Fsp3) is 0.371. The summed E-state index contributed by atoms with van der Waals surface area (Å²) in [6.45, 7) is 12.3. The molecule has 0 N–H and O–H groups in total. The van der Waals surface area contributed by atoms with Crippen molar-refractivity contribution in [1.82, 2.24) is 0 Å². The highest BCUT2D eigenvalue weighted by atomic mass is 31.2. The standard InChI is InChI=1S/C35H44O5P2/c1-7-8-11-16-28-24-33(39-41(6,36)29-17-12-9-13-18-29)35(32-23-27(4)21-22-31(32)26(2)3)34(25-28)40-42(37,38-5)30-19-14-10-15-20-30/h9-10,12-15,17-20,23-25,31-32H,2,7-8,11,16,21-22H2,1,3-6H3. The predicted molar refractivity (Wildman–Crippen MR) is 175 cm³/mol. The number of unbranched alkanes of at least 4 members (excludes halogenated alkanes) is 2. The molecule has 0 bridgehead atoms. The summed E-state index contributed by atoms with van der Waals surface area (Å²) < 4.78 is 47.1. The van der Waals surface area contributed by atoms with Crippen molar-refractivity contribution in [2.45, 2.75) is 65.2 Å². The molecule has 0 fully saturated rings. The van der Waals surface area contributed by atoms with Gasteiger partial charge in [-0.2, -0.15) is 0 Å². The second kappa shape index (κ2) is 14.1. The molecule has 0 aliphatic heterocycles. The minimum atomic E-state index is -3.76. The molecule has 1 aliphatic rings. The second-order valence-corrected chi connectivity index (χ2v) is 15.8. The van der Waals surface area contributed by atoms with E-state index < -0.39 is 15.0 Å². The van der Waals surface area contributed by atoms with E-state index in [4.69, 9.17) is 13.6 Å². The van der Waals surface area contributed by atoms with Crippen LogP contribution in [0.4, 0.5) is 0 Å². The van der Waals surface area contributed by atoms with Gasteiger partial charge in [0.25, 0.3) is 7.37 Å². The van der Waals surface area contributed by atoms with Gasteiger partial charge in [0.05, 0.1) is 5.30 Å². The Balaban J connectivity index is 1.96. The van der Waals surface area contributed by atoms with E-state index in [1.54, 1.807) is 18.8 Å². The van der Waals surface area contributed by atoms with E-state index in [1.165, 1.54) is 12.7 Å². The molecule has 42 heavy (non-hydrogen) atoms. The van der Waals surface area contributed by atoms with E-state index in [1.807, 2.05) is 67.6 Å². The maximum atomic E-state index is 14.3. The van der Waals surface area contributed by atoms with Gasteiger partial charge in [0, 0.05) is 30.6 Å². The number of hydrogen-bond acceptors (Lipinski definition) is 5. The molecule has 0 saturated heterocycles. The Morgan fingerprint density at radius 2 is 1.52 bits per heavy atom. The third kappa shape index (κ3) is 7.56. The minimum Gasteiger partial charge on any atom is -0.440 e. The van der Waals surface area contributed by atoms with Crippen molar-refractivity contribution < 1.29 is 22.7 Å². The third-order valence-corrected chi connectivity index (χ3v) is 11.6. The molecule has 3 aromatic carbocycles. The monoisotopic (exact) mass is 606 g/mol. The maximum Gasteiger partial charge on any atom is 0.410 e. The number of allylic oxidation sites excluding steroid dienone is 3. The van der Waals surface area contributed by atoms with Crippen LogP contribution in [-0.2, 0) is 20.1 Å². The first-order chi connectivity index (χ1) is 20.1. The van der Waals surface area contributed by atoms with Gasteiger partial charge in [-0.1, -0.05) is 80.0 Å². The lowest BCUT2D eigenvalue weighted by atomic mass is 9.73. The van der Waals surface area contributed by atoms with Crippen molar-refractivity contribution in [3.05, 3.63) is 108 Å². The Bertz CT molecular complexity index is 1500. The van der Waals surface area contributed by atoms with Gasteiger partial charge in [-0.25, -0.2) is 4.57 Å². The van der Waals surface area contributed by atoms with Crippen LogP contribution < -0.4 is 19.7 Å². The topological polar surface area (TPSA) is 61.8 Å². The third-order valence-electron chi connectivity index (χ3n) is 7.98. The molecule has 224 valence electrons.